The average molecular weight is 294 g/mol. The average Bonchev–Trinajstić information content (AvgIpc) is 2.51. The third-order valence-corrected chi connectivity index (χ3v) is 4.54. The van der Waals surface area contributed by atoms with Gasteiger partial charge in [-0.1, -0.05) is 31.4 Å². The molecular formula is C17H27FN2O. The van der Waals surface area contributed by atoms with Gasteiger partial charge in [0.25, 0.3) is 0 Å². The summed E-state index contributed by atoms with van der Waals surface area (Å²) >= 11 is 0. The van der Waals surface area contributed by atoms with E-state index in [4.69, 9.17) is 10.6 Å². The summed E-state index contributed by atoms with van der Waals surface area (Å²) in [7, 11) is 0. The fourth-order valence-electron chi connectivity index (χ4n) is 3.34. The molecule has 1 aromatic rings. The van der Waals surface area contributed by atoms with Crippen LogP contribution >= 0.6 is 0 Å². The Morgan fingerprint density at radius 3 is 2.62 bits per heavy atom. The highest BCUT2D eigenvalue weighted by atomic mass is 19.1. The zero-order valence-electron chi connectivity index (χ0n) is 13.1. The van der Waals surface area contributed by atoms with Crippen LogP contribution in [-0.2, 0) is 4.74 Å². The van der Waals surface area contributed by atoms with E-state index in [2.05, 4.69) is 5.43 Å². The van der Waals surface area contributed by atoms with Gasteiger partial charge in [0, 0.05) is 6.61 Å². The highest BCUT2D eigenvalue weighted by Gasteiger charge is 2.31. The van der Waals surface area contributed by atoms with Gasteiger partial charge in [-0.2, -0.15) is 0 Å². The maximum absolute atomic E-state index is 13.9. The summed E-state index contributed by atoms with van der Waals surface area (Å²) in [6, 6.07) is 5.16. The van der Waals surface area contributed by atoms with E-state index < -0.39 is 0 Å². The number of nitrogens with one attached hydrogen (secondary N) is 1. The number of ether oxygens (including phenoxy) is 1. The minimum absolute atomic E-state index is 0.00223. The van der Waals surface area contributed by atoms with Crippen molar-refractivity contribution >= 4 is 0 Å². The number of nitrogens with two attached hydrogens (primary N) is 1. The largest absolute Gasteiger partial charge is 0.376 e. The molecule has 0 spiro atoms. The van der Waals surface area contributed by atoms with Gasteiger partial charge in [-0.25, -0.2) is 4.39 Å². The van der Waals surface area contributed by atoms with Crippen LogP contribution in [0.5, 0.6) is 0 Å². The van der Waals surface area contributed by atoms with Gasteiger partial charge in [0.15, 0.2) is 0 Å². The van der Waals surface area contributed by atoms with Crippen molar-refractivity contribution in [2.75, 3.05) is 6.61 Å². The SMILES string of the molecule is CCOC(C1CCCCC1)C(NN)c1ccc(C)c(F)c1. The molecule has 4 heteroatoms. The highest BCUT2D eigenvalue weighted by Crippen LogP contribution is 2.34. The van der Waals surface area contributed by atoms with Crippen molar-refractivity contribution in [2.24, 2.45) is 11.8 Å². The molecule has 3 nitrogen and oxygen atoms in total. The maximum Gasteiger partial charge on any atom is 0.126 e. The first-order valence-electron chi connectivity index (χ1n) is 8.01. The van der Waals surface area contributed by atoms with Gasteiger partial charge < -0.3 is 4.74 Å². The minimum atomic E-state index is -0.188. The Morgan fingerprint density at radius 2 is 2.05 bits per heavy atom. The van der Waals surface area contributed by atoms with Crippen molar-refractivity contribution < 1.29 is 9.13 Å². The van der Waals surface area contributed by atoms with E-state index in [9.17, 15) is 4.39 Å². The summed E-state index contributed by atoms with van der Waals surface area (Å²) < 4.78 is 19.9. The van der Waals surface area contributed by atoms with E-state index in [0.29, 0.717) is 18.1 Å². The Kier molecular flexibility index (Phi) is 6.15. The summed E-state index contributed by atoms with van der Waals surface area (Å²) in [4.78, 5) is 0. The summed E-state index contributed by atoms with van der Waals surface area (Å²) in [5, 5.41) is 0. The van der Waals surface area contributed by atoms with E-state index in [-0.39, 0.29) is 18.0 Å². The number of hydrazine groups is 1. The van der Waals surface area contributed by atoms with Crippen molar-refractivity contribution in [3.8, 4) is 0 Å². The van der Waals surface area contributed by atoms with Gasteiger partial charge in [0.05, 0.1) is 12.1 Å². The fraction of sp³-hybridized carbons (Fsp3) is 0.647. The molecule has 0 aliphatic heterocycles. The van der Waals surface area contributed by atoms with Crippen LogP contribution in [0.1, 0.15) is 56.2 Å². The third-order valence-electron chi connectivity index (χ3n) is 4.54. The Labute approximate surface area is 127 Å². The van der Waals surface area contributed by atoms with Crippen molar-refractivity contribution in [1.29, 1.82) is 0 Å². The number of halogens is 1. The van der Waals surface area contributed by atoms with Crippen LogP contribution in [-0.4, -0.2) is 12.7 Å². The van der Waals surface area contributed by atoms with Gasteiger partial charge in [0.1, 0.15) is 5.82 Å². The Bertz CT molecular complexity index is 446. The molecule has 2 rings (SSSR count). The second kappa shape index (κ2) is 7.87. The molecule has 1 fully saturated rings. The molecule has 0 amide bonds. The lowest BCUT2D eigenvalue weighted by atomic mass is 9.81. The molecule has 21 heavy (non-hydrogen) atoms. The molecule has 1 saturated carbocycles. The van der Waals surface area contributed by atoms with Crippen LogP contribution in [0.4, 0.5) is 4.39 Å². The standard InChI is InChI=1S/C17H27FN2O/c1-3-21-17(13-7-5-4-6-8-13)16(20-19)14-10-9-12(2)15(18)11-14/h9-11,13,16-17,20H,3-8,19H2,1-2H3. The molecule has 0 bridgehead atoms. The first-order valence-corrected chi connectivity index (χ1v) is 8.01. The zero-order valence-corrected chi connectivity index (χ0v) is 13.1. The van der Waals surface area contributed by atoms with Crippen LogP contribution in [0, 0.1) is 18.7 Å². The van der Waals surface area contributed by atoms with Crippen LogP contribution < -0.4 is 11.3 Å². The predicted molar refractivity (Wildman–Crippen MR) is 83.2 cm³/mol. The van der Waals surface area contributed by atoms with Crippen molar-refractivity contribution in [3.63, 3.8) is 0 Å². The Hall–Kier alpha value is -0.970. The molecular weight excluding hydrogens is 267 g/mol. The quantitative estimate of drug-likeness (QED) is 0.622. The van der Waals surface area contributed by atoms with E-state index in [1.165, 1.54) is 19.3 Å². The van der Waals surface area contributed by atoms with Gasteiger partial charge in [-0.15, -0.1) is 0 Å². The highest BCUT2D eigenvalue weighted by molar-refractivity contribution is 5.26. The van der Waals surface area contributed by atoms with Gasteiger partial charge in [-0.3, -0.25) is 11.3 Å². The van der Waals surface area contributed by atoms with Gasteiger partial charge >= 0.3 is 0 Å². The van der Waals surface area contributed by atoms with Crippen molar-refractivity contribution in [3.05, 3.63) is 35.1 Å². The molecule has 3 N–H and O–H groups in total. The molecule has 118 valence electrons. The van der Waals surface area contributed by atoms with E-state index in [1.54, 1.807) is 19.1 Å². The number of hydrogen-bond donors (Lipinski definition) is 2. The monoisotopic (exact) mass is 294 g/mol. The molecule has 1 aromatic carbocycles. The fourth-order valence-corrected chi connectivity index (χ4v) is 3.34. The third kappa shape index (κ3) is 4.02. The second-order valence-corrected chi connectivity index (χ2v) is 5.97. The lowest BCUT2D eigenvalue weighted by Crippen LogP contribution is -2.42. The van der Waals surface area contributed by atoms with Crippen LogP contribution in [0.2, 0.25) is 0 Å². The Balaban J connectivity index is 2.23. The molecule has 0 saturated heterocycles. The number of rotatable bonds is 6. The van der Waals surface area contributed by atoms with Gasteiger partial charge in [-0.05, 0) is 49.8 Å². The summed E-state index contributed by atoms with van der Waals surface area (Å²) in [5.41, 5.74) is 4.37. The molecule has 1 aliphatic rings. The predicted octanol–water partition coefficient (Wildman–Crippen LogP) is 3.62. The topological polar surface area (TPSA) is 47.3 Å². The lowest BCUT2D eigenvalue weighted by Gasteiger charge is -2.35. The van der Waals surface area contributed by atoms with Crippen molar-refractivity contribution in [1.82, 2.24) is 5.43 Å². The Morgan fingerprint density at radius 1 is 1.33 bits per heavy atom. The first kappa shape index (κ1) is 16.4. The number of aryl methyl sites for hydroxylation is 1. The number of hydrogen-bond acceptors (Lipinski definition) is 3. The van der Waals surface area contributed by atoms with Gasteiger partial charge in [0.2, 0.25) is 0 Å². The maximum atomic E-state index is 13.9. The second-order valence-electron chi connectivity index (χ2n) is 5.97. The van der Waals surface area contributed by atoms with Crippen molar-refractivity contribution in [2.45, 2.75) is 58.1 Å². The van der Waals surface area contributed by atoms with Crippen LogP contribution in [0.3, 0.4) is 0 Å². The molecule has 2 unspecified atom stereocenters. The number of benzene rings is 1. The molecule has 2 atom stereocenters. The normalized spacial score (nSPS) is 19.4. The van der Waals surface area contributed by atoms with E-state index >= 15 is 0 Å². The molecule has 0 aromatic heterocycles. The van der Waals surface area contributed by atoms with E-state index in [0.717, 1.165) is 18.4 Å². The molecule has 0 heterocycles. The minimum Gasteiger partial charge on any atom is -0.376 e. The zero-order chi connectivity index (χ0) is 15.2. The lowest BCUT2D eigenvalue weighted by molar-refractivity contribution is -0.0184. The first-order chi connectivity index (χ1) is 10.2. The van der Waals surface area contributed by atoms with Crippen LogP contribution in [0.15, 0.2) is 18.2 Å². The smallest absolute Gasteiger partial charge is 0.126 e. The molecule has 1 aliphatic carbocycles. The summed E-state index contributed by atoms with van der Waals surface area (Å²) in [5.74, 6) is 6.08. The van der Waals surface area contributed by atoms with E-state index in [1.807, 2.05) is 13.0 Å². The van der Waals surface area contributed by atoms with Crippen LogP contribution in [0.25, 0.3) is 0 Å². The summed E-state index contributed by atoms with van der Waals surface area (Å²) in [6.07, 6.45) is 6.12. The molecule has 0 radical (unpaired) electrons. The summed E-state index contributed by atoms with van der Waals surface area (Å²) in [6.45, 7) is 4.41.